The third-order valence-electron chi connectivity index (χ3n) is 9.28. The number of rotatable bonds is 5. The molecule has 6 rings (SSSR count). The van der Waals surface area contributed by atoms with Gasteiger partial charge < -0.3 is 19.7 Å². The van der Waals surface area contributed by atoms with Gasteiger partial charge in [-0.25, -0.2) is 0 Å². The SMILES string of the molecule is COC1COCCC1NC1CC2CN(C3CC3)CC2(C(=O)N2CCc3ccc(C(F)(F)F)cc3C2)C1. The Morgan fingerprint density at radius 2 is 2.06 bits per heavy atom. The van der Waals surface area contributed by atoms with Crippen molar-refractivity contribution in [1.29, 1.82) is 0 Å². The summed E-state index contributed by atoms with van der Waals surface area (Å²) >= 11 is 0. The van der Waals surface area contributed by atoms with Crippen LogP contribution in [0.1, 0.15) is 48.8 Å². The van der Waals surface area contributed by atoms with E-state index in [4.69, 9.17) is 9.47 Å². The van der Waals surface area contributed by atoms with E-state index >= 15 is 0 Å². The number of benzene rings is 1. The van der Waals surface area contributed by atoms with Crippen molar-refractivity contribution in [2.75, 3.05) is 40.0 Å². The Kier molecular flexibility index (Phi) is 6.34. The lowest BCUT2D eigenvalue weighted by Crippen LogP contribution is -2.52. The van der Waals surface area contributed by atoms with E-state index < -0.39 is 17.2 Å². The van der Waals surface area contributed by atoms with Gasteiger partial charge in [-0.2, -0.15) is 13.2 Å². The lowest BCUT2D eigenvalue weighted by molar-refractivity contribution is -0.144. The highest BCUT2D eigenvalue weighted by Gasteiger charge is 2.60. The molecule has 1 N–H and O–H groups in total. The molecule has 2 saturated heterocycles. The predicted molar refractivity (Wildman–Crippen MR) is 127 cm³/mol. The second-order valence-electron chi connectivity index (χ2n) is 11.5. The van der Waals surface area contributed by atoms with Gasteiger partial charge in [0.2, 0.25) is 5.91 Å². The molecule has 2 aliphatic carbocycles. The molecule has 4 fully saturated rings. The molecule has 5 aliphatic rings. The zero-order valence-electron chi connectivity index (χ0n) is 20.9. The molecule has 5 atom stereocenters. The number of amides is 1. The first-order valence-electron chi connectivity index (χ1n) is 13.4. The van der Waals surface area contributed by atoms with Crippen LogP contribution in [0.25, 0.3) is 0 Å². The van der Waals surface area contributed by atoms with Gasteiger partial charge in [-0.1, -0.05) is 6.07 Å². The van der Waals surface area contributed by atoms with Crippen LogP contribution in [0.15, 0.2) is 18.2 Å². The van der Waals surface area contributed by atoms with Crippen LogP contribution in [-0.4, -0.2) is 79.9 Å². The minimum absolute atomic E-state index is 0.00947. The van der Waals surface area contributed by atoms with Crippen molar-refractivity contribution in [3.05, 3.63) is 34.9 Å². The van der Waals surface area contributed by atoms with Gasteiger partial charge in [0.1, 0.15) is 0 Å². The van der Waals surface area contributed by atoms with Gasteiger partial charge in [-0.3, -0.25) is 9.69 Å². The lowest BCUT2D eigenvalue weighted by Gasteiger charge is -2.38. The number of likely N-dealkylation sites (tertiary alicyclic amines) is 1. The average Bonchev–Trinajstić information content (AvgIpc) is 3.57. The van der Waals surface area contributed by atoms with E-state index in [0.717, 1.165) is 44.0 Å². The molecule has 0 bridgehead atoms. The summed E-state index contributed by atoms with van der Waals surface area (Å²) in [6.45, 7) is 3.83. The molecule has 36 heavy (non-hydrogen) atoms. The van der Waals surface area contributed by atoms with Crippen LogP contribution in [0.5, 0.6) is 0 Å². The maximum Gasteiger partial charge on any atom is 0.416 e. The Morgan fingerprint density at radius 1 is 1.22 bits per heavy atom. The summed E-state index contributed by atoms with van der Waals surface area (Å²) in [5.41, 5.74) is 0.449. The number of carbonyl (C=O) groups excluding carboxylic acids is 1. The van der Waals surface area contributed by atoms with Crippen molar-refractivity contribution >= 4 is 5.91 Å². The van der Waals surface area contributed by atoms with E-state index in [9.17, 15) is 18.0 Å². The number of hydrogen-bond donors (Lipinski definition) is 1. The summed E-state index contributed by atoms with van der Waals surface area (Å²) in [5, 5.41) is 3.81. The maximum absolute atomic E-state index is 14.2. The predicted octanol–water partition coefficient (Wildman–Crippen LogP) is 3.23. The number of halogens is 3. The highest BCUT2D eigenvalue weighted by atomic mass is 19.4. The molecule has 0 spiro atoms. The Labute approximate surface area is 210 Å². The smallest absolute Gasteiger partial charge is 0.379 e. The number of carbonyl (C=O) groups is 1. The number of methoxy groups -OCH3 is 1. The molecule has 1 amide bonds. The van der Waals surface area contributed by atoms with E-state index in [1.807, 2.05) is 4.90 Å². The molecule has 3 aliphatic heterocycles. The zero-order valence-corrected chi connectivity index (χ0v) is 20.9. The van der Waals surface area contributed by atoms with Crippen LogP contribution in [0.3, 0.4) is 0 Å². The molecule has 0 radical (unpaired) electrons. The molecule has 2 saturated carbocycles. The summed E-state index contributed by atoms with van der Waals surface area (Å²) in [5.74, 6) is 0.408. The van der Waals surface area contributed by atoms with Gasteiger partial charge in [0.05, 0.1) is 23.7 Å². The van der Waals surface area contributed by atoms with Gasteiger partial charge >= 0.3 is 6.18 Å². The number of nitrogens with one attached hydrogen (secondary N) is 1. The Hall–Kier alpha value is -1.68. The number of nitrogens with zero attached hydrogens (tertiary/aromatic N) is 2. The fraction of sp³-hybridized carbons (Fsp3) is 0.741. The van der Waals surface area contributed by atoms with Gasteiger partial charge in [0, 0.05) is 58.0 Å². The summed E-state index contributed by atoms with van der Waals surface area (Å²) in [6.07, 6.45) is 1.25. The normalized spacial score (nSPS) is 35.1. The average molecular weight is 508 g/mol. The zero-order chi connectivity index (χ0) is 25.1. The molecule has 1 aromatic rings. The molecule has 5 unspecified atom stereocenters. The number of ether oxygens (including phenoxy) is 2. The number of alkyl halides is 3. The molecule has 1 aromatic carbocycles. The molecule has 3 heterocycles. The van der Waals surface area contributed by atoms with Gasteiger partial charge in [-0.05, 0) is 67.7 Å². The largest absolute Gasteiger partial charge is 0.416 e. The van der Waals surface area contributed by atoms with Crippen LogP contribution >= 0.6 is 0 Å². The van der Waals surface area contributed by atoms with E-state index in [1.54, 1.807) is 13.2 Å². The fourth-order valence-corrected chi connectivity index (χ4v) is 7.25. The highest BCUT2D eigenvalue weighted by molar-refractivity contribution is 5.85. The second kappa shape index (κ2) is 9.26. The quantitative estimate of drug-likeness (QED) is 0.664. The molecule has 6 nitrogen and oxygen atoms in total. The standard InChI is InChI=1S/C27H36F3N3O3/c1-35-24-15-36-9-7-23(24)31-21-11-20-14-33(22-4-5-22)16-26(20,12-21)25(34)32-8-6-17-2-3-19(27(28,29)30)10-18(17)13-32/h2-3,10,20-24,31H,4-9,11-16H2,1H3. The van der Waals surface area contributed by atoms with Gasteiger partial charge in [0.15, 0.2) is 0 Å². The summed E-state index contributed by atoms with van der Waals surface area (Å²) < 4.78 is 51.2. The van der Waals surface area contributed by atoms with Crippen molar-refractivity contribution in [2.24, 2.45) is 11.3 Å². The van der Waals surface area contributed by atoms with E-state index in [-0.39, 0.29) is 36.6 Å². The molecular weight excluding hydrogens is 471 g/mol. The minimum atomic E-state index is -4.38. The van der Waals surface area contributed by atoms with E-state index in [2.05, 4.69) is 10.2 Å². The van der Waals surface area contributed by atoms with Crippen molar-refractivity contribution in [2.45, 2.75) is 75.5 Å². The summed E-state index contributed by atoms with van der Waals surface area (Å²) in [7, 11) is 1.72. The molecule has 9 heteroatoms. The second-order valence-corrected chi connectivity index (χ2v) is 11.5. The van der Waals surface area contributed by atoms with E-state index in [1.165, 1.54) is 18.9 Å². The third kappa shape index (κ3) is 4.46. The minimum Gasteiger partial charge on any atom is -0.379 e. The Bertz CT molecular complexity index is 1000. The summed E-state index contributed by atoms with van der Waals surface area (Å²) in [6, 6.07) is 5.02. The van der Waals surface area contributed by atoms with Gasteiger partial charge in [-0.15, -0.1) is 0 Å². The van der Waals surface area contributed by atoms with Crippen LogP contribution in [-0.2, 0) is 33.4 Å². The van der Waals surface area contributed by atoms with Crippen molar-refractivity contribution in [1.82, 2.24) is 15.1 Å². The van der Waals surface area contributed by atoms with Crippen molar-refractivity contribution in [3.63, 3.8) is 0 Å². The molecule has 0 aromatic heterocycles. The number of hydrogen-bond acceptors (Lipinski definition) is 5. The van der Waals surface area contributed by atoms with Crippen LogP contribution < -0.4 is 5.32 Å². The monoisotopic (exact) mass is 507 g/mol. The first-order valence-corrected chi connectivity index (χ1v) is 13.4. The fourth-order valence-electron chi connectivity index (χ4n) is 7.25. The third-order valence-corrected chi connectivity index (χ3v) is 9.28. The maximum atomic E-state index is 14.2. The molecule has 198 valence electrons. The Morgan fingerprint density at radius 3 is 2.81 bits per heavy atom. The van der Waals surface area contributed by atoms with Crippen molar-refractivity contribution in [3.8, 4) is 0 Å². The first-order chi connectivity index (χ1) is 17.3. The van der Waals surface area contributed by atoms with Crippen LogP contribution in [0.4, 0.5) is 13.2 Å². The highest BCUT2D eigenvalue weighted by Crippen LogP contribution is 2.52. The topological polar surface area (TPSA) is 54.0 Å². The van der Waals surface area contributed by atoms with E-state index in [0.29, 0.717) is 37.8 Å². The van der Waals surface area contributed by atoms with Crippen LogP contribution in [0.2, 0.25) is 0 Å². The lowest BCUT2D eigenvalue weighted by atomic mass is 9.78. The summed E-state index contributed by atoms with van der Waals surface area (Å²) in [4.78, 5) is 18.6. The van der Waals surface area contributed by atoms with Crippen LogP contribution in [0, 0.1) is 11.3 Å². The molecular formula is C27H36F3N3O3. The first kappa shape index (κ1) is 24.6. The van der Waals surface area contributed by atoms with Crippen molar-refractivity contribution < 1.29 is 27.4 Å². The van der Waals surface area contributed by atoms with Gasteiger partial charge in [0.25, 0.3) is 0 Å². The number of fused-ring (bicyclic) bond motifs is 2. The Balaban J connectivity index is 1.21.